The zero-order valence-corrected chi connectivity index (χ0v) is 13.5. The van der Waals surface area contributed by atoms with Crippen molar-refractivity contribution in [3.05, 3.63) is 53.3 Å². The molecule has 126 valence electrons. The Balaban J connectivity index is 1.97. The molecule has 24 heavy (non-hydrogen) atoms. The van der Waals surface area contributed by atoms with E-state index in [1.165, 1.54) is 0 Å². The lowest BCUT2D eigenvalue weighted by atomic mass is 10.2. The van der Waals surface area contributed by atoms with Crippen LogP contribution in [0.4, 0.5) is 14.6 Å². The molecule has 0 saturated carbocycles. The van der Waals surface area contributed by atoms with E-state index >= 15 is 0 Å². The largest absolute Gasteiger partial charge is 0.460 e. The van der Waals surface area contributed by atoms with Gasteiger partial charge in [-0.15, -0.1) is 0 Å². The van der Waals surface area contributed by atoms with Gasteiger partial charge in [0.1, 0.15) is 28.0 Å². The van der Waals surface area contributed by atoms with Crippen LogP contribution in [0.2, 0.25) is 0 Å². The summed E-state index contributed by atoms with van der Waals surface area (Å²) in [6.45, 7) is 3.39. The number of rotatable bonds is 4. The fourth-order valence-electron chi connectivity index (χ4n) is 2.17. The third-order valence-electron chi connectivity index (χ3n) is 3.41. The summed E-state index contributed by atoms with van der Waals surface area (Å²) in [5.41, 5.74) is 0.949. The summed E-state index contributed by atoms with van der Waals surface area (Å²) in [7, 11) is -4.33. The Morgan fingerprint density at radius 1 is 1.17 bits per heavy atom. The van der Waals surface area contributed by atoms with E-state index in [1.54, 1.807) is 26.0 Å². The van der Waals surface area contributed by atoms with Gasteiger partial charge in [0.05, 0.1) is 0 Å². The normalized spacial score (nSPS) is 11.7. The van der Waals surface area contributed by atoms with Crippen molar-refractivity contribution in [2.45, 2.75) is 18.7 Å². The lowest BCUT2D eigenvalue weighted by Gasteiger charge is -2.07. The maximum atomic E-state index is 13.7. The molecule has 0 amide bonds. The smallest absolute Gasteiger partial charge is 0.266 e. The zero-order chi connectivity index (χ0) is 17.5. The molecule has 2 aromatic heterocycles. The molecule has 1 aromatic carbocycles. The maximum absolute atomic E-state index is 13.7. The molecular weight excluding hydrogens is 340 g/mol. The molecule has 0 aliphatic heterocycles. The molecule has 0 fully saturated rings. The van der Waals surface area contributed by atoms with Gasteiger partial charge in [-0.05, 0) is 44.2 Å². The Morgan fingerprint density at radius 2 is 1.92 bits per heavy atom. The highest BCUT2D eigenvalue weighted by Gasteiger charge is 2.23. The lowest BCUT2D eigenvalue weighted by molar-refractivity contribution is 0.546. The predicted octanol–water partition coefficient (Wildman–Crippen LogP) is 3.37. The summed E-state index contributed by atoms with van der Waals surface area (Å²) in [5.74, 6) is -0.771. The number of aromatic amines is 1. The van der Waals surface area contributed by atoms with Gasteiger partial charge in [-0.2, -0.15) is 5.10 Å². The maximum Gasteiger partial charge on any atom is 0.266 e. The standard InChI is InChI=1S/C15H13F2N3O3S/c1-8-3-6-12(23-8)14-9(2)15(19-18-14)20-24(21,22)13-7-10(16)4-5-11(13)17/h3-7H,1-2H3,(H2,18,19,20). The second-order valence-corrected chi connectivity index (χ2v) is 6.81. The Bertz CT molecular complexity index is 1010. The lowest BCUT2D eigenvalue weighted by Crippen LogP contribution is -2.15. The Kier molecular flexibility index (Phi) is 3.88. The Hall–Kier alpha value is -2.68. The first-order valence-electron chi connectivity index (χ1n) is 6.87. The number of nitrogens with zero attached hydrogens (tertiary/aromatic N) is 1. The van der Waals surface area contributed by atoms with Gasteiger partial charge < -0.3 is 4.42 Å². The number of anilines is 1. The fraction of sp³-hybridized carbons (Fsp3) is 0.133. The molecular formula is C15H13F2N3O3S. The van der Waals surface area contributed by atoms with Crippen LogP contribution in [-0.2, 0) is 10.0 Å². The molecule has 0 spiro atoms. The van der Waals surface area contributed by atoms with Gasteiger partial charge >= 0.3 is 0 Å². The average molecular weight is 353 g/mol. The molecule has 0 radical (unpaired) electrons. The van der Waals surface area contributed by atoms with Crippen LogP contribution in [0.3, 0.4) is 0 Å². The zero-order valence-electron chi connectivity index (χ0n) is 12.7. The monoisotopic (exact) mass is 353 g/mol. The number of aryl methyl sites for hydroxylation is 1. The summed E-state index contributed by atoms with van der Waals surface area (Å²) < 4.78 is 59.1. The SMILES string of the molecule is Cc1ccc(-c2[nH]nc(NS(=O)(=O)c3cc(F)ccc3F)c2C)o1. The van der Waals surface area contributed by atoms with E-state index in [1.807, 2.05) is 0 Å². The molecule has 6 nitrogen and oxygen atoms in total. The number of benzene rings is 1. The van der Waals surface area contributed by atoms with Gasteiger partial charge in [-0.25, -0.2) is 17.2 Å². The topological polar surface area (TPSA) is 88.0 Å². The molecule has 0 saturated heterocycles. The van der Waals surface area contributed by atoms with Gasteiger partial charge in [0.15, 0.2) is 11.6 Å². The number of sulfonamides is 1. The molecule has 0 aliphatic carbocycles. The van der Waals surface area contributed by atoms with E-state index in [4.69, 9.17) is 4.42 Å². The Morgan fingerprint density at radius 3 is 2.58 bits per heavy atom. The number of furan rings is 1. The van der Waals surface area contributed by atoms with Crippen LogP contribution < -0.4 is 4.72 Å². The van der Waals surface area contributed by atoms with E-state index in [0.29, 0.717) is 28.8 Å². The molecule has 2 heterocycles. The number of nitrogens with one attached hydrogen (secondary N) is 2. The molecule has 9 heteroatoms. The molecule has 2 N–H and O–H groups in total. The molecule has 0 bridgehead atoms. The summed E-state index contributed by atoms with van der Waals surface area (Å²) in [4.78, 5) is -0.791. The van der Waals surface area contributed by atoms with Crippen LogP contribution in [0.15, 0.2) is 39.6 Å². The van der Waals surface area contributed by atoms with Crippen molar-refractivity contribution in [2.75, 3.05) is 4.72 Å². The quantitative estimate of drug-likeness (QED) is 0.753. The highest BCUT2D eigenvalue weighted by molar-refractivity contribution is 7.92. The van der Waals surface area contributed by atoms with E-state index in [2.05, 4.69) is 14.9 Å². The van der Waals surface area contributed by atoms with Crippen molar-refractivity contribution in [2.24, 2.45) is 0 Å². The van der Waals surface area contributed by atoms with Crippen LogP contribution in [0.25, 0.3) is 11.5 Å². The van der Waals surface area contributed by atoms with Crippen molar-refractivity contribution in [1.82, 2.24) is 10.2 Å². The summed E-state index contributed by atoms with van der Waals surface area (Å²) in [6.07, 6.45) is 0. The highest BCUT2D eigenvalue weighted by Crippen LogP contribution is 2.29. The molecule has 3 aromatic rings. The first-order chi connectivity index (χ1) is 11.3. The van der Waals surface area contributed by atoms with Gasteiger partial charge in [-0.1, -0.05) is 0 Å². The minimum Gasteiger partial charge on any atom is -0.460 e. The molecule has 0 atom stereocenters. The first kappa shape index (κ1) is 16.2. The summed E-state index contributed by atoms with van der Waals surface area (Å²) in [5, 5.41) is 6.54. The third-order valence-corrected chi connectivity index (χ3v) is 4.76. The summed E-state index contributed by atoms with van der Waals surface area (Å²) in [6, 6.07) is 5.66. The predicted molar refractivity (Wildman–Crippen MR) is 82.9 cm³/mol. The van der Waals surface area contributed by atoms with Gasteiger partial charge in [0, 0.05) is 5.56 Å². The Labute approximate surface area is 136 Å². The second-order valence-electron chi connectivity index (χ2n) is 5.16. The molecule has 0 unspecified atom stereocenters. The van der Waals surface area contributed by atoms with Crippen LogP contribution in [0, 0.1) is 25.5 Å². The van der Waals surface area contributed by atoms with Crippen LogP contribution in [0.1, 0.15) is 11.3 Å². The van der Waals surface area contributed by atoms with Crippen molar-refractivity contribution in [3.8, 4) is 11.5 Å². The van der Waals surface area contributed by atoms with Crippen molar-refractivity contribution in [1.29, 1.82) is 0 Å². The molecule has 3 rings (SSSR count). The van der Waals surface area contributed by atoms with E-state index in [9.17, 15) is 17.2 Å². The fourth-order valence-corrected chi connectivity index (χ4v) is 3.33. The van der Waals surface area contributed by atoms with Gasteiger partial charge in [0.2, 0.25) is 0 Å². The van der Waals surface area contributed by atoms with E-state index in [0.717, 1.165) is 12.1 Å². The minimum atomic E-state index is -4.33. The number of H-pyrrole nitrogens is 1. The number of aromatic nitrogens is 2. The van der Waals surface area contributed by atoms with E-state index in [-0.39, 0.29) is 5.82 Å². The highest BCUT2D eigenvalue weighted by atomic mass is 32.2. The minimum absolute atomic E-state index is 0.0253. The third kappa shape index (κ3) is 2.90. The van der Waals surface area contributed by atoms with Gasteiger partial charge in [0.25, 0.3) is 10.0 Å². The second kappa shape index (κ2) is 5.75. The van der Waals surface area contributed by atoms with Crippen molar-refractivity contribution in [3.63, 3.8) is 0 Å². The summed E-state index contributed by atoms with van der Waals surface area (Å²) >= 11 is 0. The van der Waals surface area contributed by atoms with Crippen LogP contribution in [-0.4, -0.2) is 18.6 Å². The number of hydrogen-bond acceptors (Lipinski definition) is 4. The number of hydrogen-bond donors (Lipinski definition) is 2. The average Bonchev–Trinajstić information content (AvgIpc) is 3.08. The van der Waals surface area contributed by atoms with Gasteiger partial charge in [-0.3, -0.25) is 9.82 Å². The first-order valence-corrected chi connectivity index (χ1v) is 8.36. The van der Waals surface area contributed by atoms with Crippen molar-refractivity contribution >= 4 is 15.8 Å². The van der Waals surface area contributed by atoms with E-state index < -0.39 is 26.6 Å². The molecule has 0 aliphatic rings. The van der Waals surface area contributed by atoms with Crippen LogP contribution >= 0.6 is 0 Å². The van der Waals surface area contributed by atoms with Crippen LogP contribution in [0.5, 0.6) is 0 Å². The number of halogens is 2. The van der Waals surface area contributed by atoms with Crippen molar-refractivity contribution < 1.29 is 21.6 Å².